The van der Waals surface area contributed by atoms with E-state index in [1.54, 1.807) is 0 Å². The van der Waals surface area contributed by atoms with Crippen LogP contribution < -0.4 is 0 Å². The van der Waals surface area contributed by atoms with Gasteiger partial charge >= 0.3 is 0 Å². The molecule has 0 aromatic heterocycles. The molecule has 1 aromatic carbocycles. The Balaban J connectivity index is 2.21. The summed E-state index contributed by atoms with van der Waals surface area (Å²) >= 11 is 0. The van der Waals surface area contributed by atoms with Gasteiger partial charge in [0.2, 0.25) is 0 Å². The topological polar surface area (TPSA) is 26.7 Å². The maximum Gasteiger partial charge on any atom is 0.0947 e. The smallest absolute Gasteiger partial charge is 0.0947 e. The molecule has 3 unspecified atom stereocenters. The van der Waals surface area contributed by atoms with Gasteiger partial charge in [-0.25, -0.2) is 0 Å². The van der Waals surface area contributed by atoms with Gasteiger partial charge in [0.05, 0.1) is 6.10 Å². The summed E-state index contributed by atoms with van der Waals surface area (Å²) in [7, 11) is 4.23. The predicted molar refractivity (Wildman–Crippen MR) is 88.5 cm³/mol. The molecule has 0 spiro atoms. The summed E-state index contributed by atoms with van der Waals surface area (Å²) < 4.78 is 0. The van der Waals surface area contributed by atoms with E-state index >= 15 is 0 Å². The second kappa shape index (κ2) is 7.39. The van der Waals surface area contributed by atoms with Gasteiger partial charge in [-0.05, 0) is 58.0 Å². The van der Waals surface area contributed by atoms with Crippen molar-refractivity contribution in [3.8, 4) is 0 Å². The summed E-state index contributed by atoms with van der Waals surface area (Å²) in [5, 5.41) is 10.9. The molecule has 0 saturated carbocycles. The van der Waals surface area contributed by atoms with Gasteiger partial charge in [-0.1, -0.05) is 31.2 Å². The standard InChI is InChI=1S/C18H30N2O/c1-5-20(14(2)13-19(3)4)17-12-8-10-15-9-6-7-11-16(15)18(17)21/h6-7,9,11,14,17-18,21H,5,8,10,12-13H2,1-4H3. The largest absolute Gasteiger partial charge is 0.387 e. The minimum atomic E-state index is -0.367. The Kier molecular flexibility index (Phi) is 5.80. The lowest BCUT2D eigenvalue weighted by atomic mass is 9.97. The molecule has 1 N–H and O–H groups in total. The van der Waals surface area contributed by atoms with Gasteiger partial charge in [0, 0.05) is 18.6 Å². The molecule has 1 aliphatic rings. The summed E-state index contributed by atoms with van der Waals surface area (Å²) in [6.07, 6.45) is 2.95. The van der Waals surface area contributed by atoms with Crippen molar-refractivity contribution in [1.82, 2.24) is 9.80 Å². The van der Waals surface area contributed by atoms with Crippen molar-refractivity contribution in [3.63, 3.8) is 0 Å². The molecule has 0 heterocycles. The van der Waals surface area contributed by atoms with Crippen molar-refractivity contribution in [2.75, 3.05) is 27.2 Å². The highest BCUT2D eigenvalue weighted by Crippen LogP contribution is 2.32. The van der Waals surface area contributed by atoms with Crippen molar-refractivity contribution in [1.29, 1.82) is 0 Å². The van der Waals surface area contributed by atoms with Gasteiger partial charge in [-0.2, -0.15) is 0 Å². The Morgan fingerprint density at radius 2 is 2.00 bits per heavy atom. The number of aliphatic hydroxyl groups excluding tert-OH is 1. The van der Waals surface area contributed by atoms with Crippen LogP contribution in [-0.2, 0) is 6.42 Å². The third-order valence-electron chi connectivity index (χ3n) is 4.67. The molecule has 1 aromatic rings. The molecule has 0 bridgehead atoms. The molecule has 2 rings (SSSR count). The van der Waals surface area contributed by atoms with E-state index in [1.165, 1.54) is 5.56 Å². The number of nitrogens with zero attached hydrogens (tertiary/aromatic N) is 2. The molecule has 118 valence electrons. The molecule has 0 radical (unpaired) electrons. The lowest BCUT2D eigenvalue weighted by Gasteiger charge is -2.39. The van der Waals surface area contributed by atoms with Gasteiger partial charge < -0.3 is 10.0 Å². The molecular weight excluding hydrogens is 260 g/mol. The van der Waals surface area contributed by atoms with Crippen molar-refractivity contribution in [2.45, 2.75) is 51.3 Å². The van der Waals surface area contributed by atoms with Crippen LogP contribution in [0.2, 0.25) is 0 Å². The maximum absolute atomic E-state index is 10.9. The van der Waals surface area contributed by atoms with Crippen LogP contribution in [0, 0.1) is 0 Å². The first-order valence-corrected chi connectivity index (χ1v) is 8.21. The normalized spacial score (nSPS) is 24.0. The summed E-state index contributed by atoms with van der Waals surface area (Å²) in [6, 6.07) is 9.08. The fourth-order valence-corrected chi connectivity index (χ4v) is 3.77. The van der Waals surface area contributed by atoms with Gasteiger partial charge in [0.15, 0.2) is 0 Å². The molecular formula is C18H30N2O. The minimum Gasteiger partial charge on any atom is -0.387 e. The van der Waals surface area contributed by atoms with Crippen molar-refractivity contribution < 1.29 is 5.11 Å². The molecule has 0 saturated heterocycles. The first-order valence-electron chi connectivity index (χ1n) is 8.21. The molecule has 0 fully saturated rings. The van der Waals surface area contributed by atoms with E-state index in [2.05, 4.69) is 55.9 Å². The van der Waals surface area contributed by atoms with Crippen LogP contribution in [0.4, 0.5) is 0 Å². The Bertz CT molecular complexity index is 447. The number of aryl methyl sites for hydroxylation is 1. The van der Waals surface area contributed by atoms with Gasteiger partial charge in [-0.15, -0.1) is 0 Å². The maximum atomic E-state index is 10.9. The van der Waals surface area contributed by atoms with E-state index in [0.29, 0.717) is 6.04 Å². The number of rotatable bonds is 5. The Labute approximate surface area is 129 Å². The van der Waals surface area contributed by atoms with Gasteiger partial charge in [0.1, 0.15) is 0 Å². The molecule has 3 heteroatoms. The second-order valence-corrected chi connectivity index (χ2v) is 6.54. The van der Waals surface area contributed by atoms with E-state index in [4.69, 9.17) is 0 Å². The highest BCUT2D eigenvalue weighted by atomic mass is 16.3. The molecule has 3 nitrogen and oxygen atoms in total. The number of hydrogen-bond acceptors (Lipinski definition) is 3. The van der Waals surface area contributed by atoms with E-state index in [9.17, 15) is 5.11 Å². The van der Waals surface area contributed by atoms with Crippen LogP contribution in [0.1, 0.15) is 43.9 Å². The van der Waals surface area contributed by atoms with Crippen LogP contribution >= 0.6 is 0 Å². The summed E-state index contributed by atoms with van der Waals surface area (Å²) in [6.45, 7) is 6.49. The van der Waals surface area contributed by atoms with Crippen molar-refractivity contribution >= 4 is 0 Å². The quantitative estimate of drug-likeness (QED) is 0.845. The fourth-order valence-electron chi connectivity index (χ4n) is 3.77. The average Bonchev–Trinajstić information content (AvgIpc) is 2.60. The number of aliphatic hydroxyl groups is 1. The lowest BCUT2D eigenvalue weighted by Crippen LogP contribution is -2.48. The number of fused-ring (bicyclic) bond motifs is 1. The third-order valence-corrected chi connectivity index (χ3v) is 4.67. The minimum absolute atomic E-state index is 0.230. The van der Waals surface area contributed by atoms with E-state index in [-0.39, 0.29) is 12.1 Å². The predicted octanol–water partition coefficient (Wildman–Crippen LogP) is 2.70. The Morgan fingerprint density at radius 3 is 2.67 bits per heavy atom. The first kappa shape index (κ1) is 16.5. The monoisotopic (exact) mass is 290 g/mol. The second-order valence-electron chi connectivity index (χ2n) is 6.54. The lowest BCUT2D eigenvalue weighted by molar-refractivity contribution is 0.0205. The van der Waals surface area contributed by atoms with Crippen LogP contribution in [0.15, 0.2) is 24.3 Å². The SMILES string of the molecule is CCN(C(C)CN(C)C)C1CCCc2ccccc2C1O. The van der Waals surface area contributed by atoms with Crippen LogP contribution in [0.25, 0.3) is 0 Å². The molecule has 0 amide bonds. The number of likely N-dealkylation sites (N-methyl/N-ethyl adjacent to an activating group) is 2. The molecule has 3 atom stereocenters. The number of hydrogen-bond donors (Lipinski definition) is 1. The third kappa shape index (κ3) is 3.85. The fraction of sp³-hybridized carbons (Fsp3) is 0.667. The molecule has 21 heavy (non-hydrogen) atoms. The van der Waals surface area contributed by atoms with Crippen LogP contribution in [0.5, 0.6) is 0 Å². The Hall–Kier alpha value is -0.900. The van der Waals surface area contributed by atoms with Crippen LogP contribution in [-0.4, -0.2) is 54.2 Å². The summed E-state index contributed by atoms with van der Waals surface area (Å²) in [4.78, 5) is 4.71. The van der Waals surface area contributed by atoms with Gasteiger partial charge in [-0.3, -0.25) is 4.90 Å². The Morgan fingerprint density at radius 1 is 1.29 bits per heavy atom. The van der Waals surface area contributed by atoms with E-state index in [1.807, 2.05) is 6.07 Å². The molecule has 0 aliphatic heterocycles. The first-order chi connectivity index (χ1) is 10.0. The van der Waals surface area contributed by atoms with Crippen molar-refractivity contribution in [3.05, 3.63) is 35.4 Å². The molecule has 1 aliphatic carbocycles. The van der Waals surface area contributed by atoms with Crippen molar-refractivity contribution in [2.24, 2.45) is 0 Å². The zero-order chi connectivity index (χ0) is 15.4. The zero-order valence-corrected chi connectivity index (χ0v) is 13.9. The van der Waals surface area contributed by atoms with Crippen LogP contribution in [0.3, 0.4) is 0 Å². The van der Waals surface area contributed by atoms with Gasteiger partial charge in [0.25, 0.3) is 0 Å². The average molecular weight is 290 g/mol. The summed E-state index contributed by atoms with van der Waals surface area (Å²) in [5.74, 6) is 0. The highest BCUT2D eigenvalue weighted by molar-refractivity contribution is 5.31. The van der Waals surface area contributed by atoms with E-state index in [0.717, 1.165) is 37.9 Å². The highest BCUT2D eigenvalue weighted by Gasteiger charge is 2.32. The number of benzene rings is 1. The van der Waals surface area contributed by atoms with E-state index < -0.39 is 0 Å². The zero-order valence-electron chi connectivity index (χ0n) is 13.9. The summed E-state index contributed by atoms with van der Waals surface area (Å²) in [5.41, 5.74) is 2.46.